The number of rotatable bonds is 6. The molecule has 1 N–H and O–H groups in total. The lowest BCUT2D eigenvalue weighted by Crippen LogP contribution is -2.41. The molecule has 0 radical (unpaired) electrons. The molecule has 2 aliphatic carbocycles. The van der Waals surface area contributed by atoms with E-state index in [1.54, 1.807) is 5.57 Å². The van der Waals surface area contributed by atoms with Gasteiger partial charge in [-0.25, -0.2) is 0 Å². The highest BCUT2D eigenvalue weighted by atomic mass is 16.5. The van der Waals surface area contributed by atoms with E-state index in [-0.39, 0.29) is 0 Å². The Hall–Kier alpha value is -0.340. The Morgan fingerprint density at radius 1 is 1.04 bits per heavy atom. The van der Waals surface area contributed by atoms with Crippen molar-refractivity contribution in [1.29, 1.82) is 0 Å². The molecule has 0 aromatic carbocycles. The van der Waals surface area contributed by atoms with Gasteiger partial charge in [0.05, 0.1) is 11.7 Å². The summed E-state index contributed by atoms with van der Waals surface area (Å²) in [6.07, 6.45) is 13.0. The zero-order valence-electron chi connectivity index (χ0n) is 16.0. The van der Waals surface area contributed by atoms with Crippen LogP contribution in [0, 0.1) is 17.3 Å². The maximum absolute atomic E-state index is 10.8. The molecule has 1 unspecified atom stereocenters. The van der Waals surface area contributed by atoms with Gasteiger partial charge < -0.3 is 9.84 Å². The van der Waals surface area contributed by atoms with Crippen LogP contribution in [0.1, 0.15) is 85.5 Å². The third-order valence-corrected chi connectivity index (χ3v) is 7.26. The van der Waals surface area contributed by atoms with Crippen LogP contribution in [0.5, 0.6) is 0 Å². The van der Waals surface area contributed by atoms with Gasteiger partial charge in [-0.1, -0.05) is 39.3 Å². The smallest absolute Gasteiger partial charge is 0.0670 e. The molecule has 0 heterocycles. The molecular weight excluding hydrogens is 284 g/mol. The van der Waals surface area contributed by atoms with E-state index in [9.17, 15) is 5.11 Å². The monoisotopic (exact) mass is 322 g/mol. The fraction of sp³-hybridized carbons (Fsp3) is 0.905. The second kappa shape index (κ2) is 7.70. The van der Waals surface area contributed by atoms with Gasteiger partial charge in [0.2, 0.25) is 0 Å². The quantitative estimate of drug-likeness (QED) is 0.655. The fourth-order valence-corrected chi connectivity index (χ4v) is 5.05. The average molecular weight is 323 g/mol. The molecule has 0 bridgehead atoms. The van der Waals surface area contributed by atoms with Crippen molar-refractivity contribution in [2.75, 3.05) is 7.11 Å². The standard InChI is InChI=1S/C21H38O2/c1-6-21(22,7-2)18-10-8-16(9-11-18)20(3,4)17-12-14-19(23-5)15-13-17/h12,16,18-19,22H,6-11,13-15H2,1-5H3. The summed E-state index contributed by atoms with van der Waals surface area (Å²) >= 11 is 0. The van der Waals surface area contributed by atoms with Crippen molar-refractivity contribution >= 4 is 0 Å². The van der Waals surface area contributed by atoms with Crippen LogP contribution >= 0.6 is 0 Å². The molecule has 134 valence electrons. The minimum Gasteiger partial charge on any atom is -0.390 e. The summed E-state index contributed by atoms with van der Waals surface area (Å²) in [6, 6.07) is 0. The molecule has 2 aliphatic rings. The van der Waals surface area contributed by atoms with Crippen molar-refractivity contribution in [3.63, 3.8) is 0 Å². The second-order valence-electron chi connectivity index (χ2n) is 8.44. The summed E-state index contributed by atoms with van der Waals surface area (Å²) in [5, 5.41) is 10.8. The number of allylic oxidation sites excluding steroid dienone is 1. The summed E-state index contributed by atoms with van der Waals surface area (Å²) in [5.41, 5.74) is 1.53. The topological polar surface area (TPSA) is 29.5 Å². The van der Waals surface area contributed by atoms with E-state index in [2.05, 4.69) is 33.8 Å². The normalized spacial score (nSPS) is 30.2. The lowest BCUT2D eigenvalue weighted by molar-refractivity contribution is -0.0500. The van der Waals surface area contributed by atoms with Crippen LogP contribution in [-0.4, -0.2) is 23.9 Å². The molecule has 1 fully saturated rings. The Bertz CT molecular complexity index is 398. The van der Waals surface area contributed by atoms with Crippen molar-refractivity contribution in [1.82, 2.24) is 0 Å². The zero-order valence-corrected chi connectivity index (χ0v) is 16.0. The first-order valence-corrected chi connectivity index (χ1v) is 9.82. The third-order valence-electron chi connectivity index (χ3n) is 7.26. The van der Waals surface area contributed by atoms with Gasteiger partial charge in [0, 0.05) is 7.11 Å². The van der Waals surface area contributed by atoms with Crippen LogP contribution in [0.2, 0.25) is 0 Å². The maximum atomic E-state index is 10.8. The predicted octanol–water partition coefficient (Wildman–Crippen LogP) is 5.50. The lowest BCUT2D eigenvalue weighted by atomic mass is 9.61. The Morgan fingerprint density at radius 3 is 2.04 bits per heavy atom. The minimum atomic E-state index is -0.426. The lowest BCUT2D eigenvalue weighted by Gasteiger charge is -2.45. The Kier molecular flexibility index (Phi) is 6.35. The van der Waals surface area contributed by atoms with Gasteiger partial charge in [-0.2, -0.15) is 0 Å². The Balaban J connectivity index is 1.97. The molecule has 1 saturated carbocycles. The number of methoxy groups -OCH3 is 1. The molecule has 2 rings (SSSR count). The molecule has 0 aromatic rings. The first kappa shape index (κ1) is 19.0. The molecule has 23 heavy (non-hydrogen) atoms. The second-order valence-corrected chi connectivity index (χ2v) is 8.44. The van der Waals surface area contributed by atoms with Crippen molar-refractivity contribution in [2.45, 2.75) is 97.2 Å². The van der Waals surface area contributed by atoms with E-state index in [0.717, 1.165) is 25.2 Å². The summed E-state index contributed by atoms with van der Waals surface area (Å²) in [6.45, 7) is 9.17. The van der Waals surface area contributed by atoms with Crippen LogP contribution in [0.4, 0.5) is 0 Å². The SMILES string of the molecule is CCC(O)(CC)C1CCC(C(C)(C)C2=CCC(OC)CC2)CC1. The van der Waals surface area contributed by atoms with Crippen LogP contribution in [-0.2, 0) is 4.74 Å². The highest BCUT2D eigenvalue weighted by Gasteiger charge is 2.41. The van der Waals surface area contributed by atoms with E-state index < -0.39 is 5.60 Å². The van der Waals surface area contributed by atoms with Crippen LogP contribution in [0.3, 0.4) is 0 Å². The average Bonchev–Trinajstić information content (AvgIpc) is 2.61. The summed E-state index contributed by atoms with van der Waals surface area (Å²) in [5.74, 6) is 1.27. The van der Waals surface area contributed by atoms with Gasteiger partial charge in [-0.15, -0.1) is 0 Å². The van der Waals surface area contributed by atoms with Gasteiger partial charge in [-0.05, 0) is 75.0 Å². The molecule has 2 heteroatoms. The van der Waals surface area contributed by atoms with E-state index in [1.165, 1.54) is 38.5 Å². The third kappa shape index (κ3) is 4.02. The largest absolute Gasteiger partial charge is 0.390 e. The van der Waals surface area contributed by atoms with Crippen LogP contribution in [0.25, 0.3) is 0 Å². The number of aliphatic hydroxyl groups is 1. The molecule has 2 nitrogen and oxygen atoms in total. The molecule has 0 amide bonds. The maximum Gasteiger partial charge on any atom is 0.0670 e. The van der Waals surface area contributed by atoms with E-state index >= 15 is 0 Å². The molecule has 0 aliphatic heterocycles. The van der Waals surface area contributed by atoms with Crippen molar-refractivity contribution in [3.05, 3.63) is 11.6 Å². The van der Waals surface area contributed by atoms with Gasteiger partial charge >= 0.3 is 0 Å². The molecule has 0 saturated heterocycles. The summed E-state index contributed by atoms with van der Waals surface area (Å²) in [4.78, 5) is 0. The number of hydrogen-bond acceptors (Lipinski definition) is 2. The number of hydrogen-bond donors (Lipinski definition) is 1. The van der Waals surface area contributed by atoms with Crippen molar-refractivity contribution in [2.24, 2.45) is 17.3 Å². The van der Waals surface area contributed by atoms with E-state index in [0.29, 0.717) is 17.4 Å². The molecule has 1 atom stereocenters. The van der Waals surface area contributed by atoms with Gasteiger partial charge in [0.25, 0.3) is 0 Å². The van der Waals surface area contributed by atoms with Gasteiger partial charge in [0.15, 0.2) is 0 Å². The van der Waals surface area contributed by atoms with Crippen LogP contribution in [0.15, 0.2) is 11.6 Å². The van der Waals surface area contributed by atoms with Crippen molar-refractivity contribution < 1.29 is 9.84 Å². The first-order valence-electron chi connectivity index (χ1n) is 9.82. The van der Waals surface area contributed by atoms with Crippen molar-refractivity contribution in [3.8, 4) is 0 Å². The molecular formula is C21H38O2. The minimum absolute atomic E-state index is 0.306. The summed E-state index contributed by atoms with van der Waals surface area (Å²) in [7, 11) is 1.83. The highest BCUT2D eigenvalue weighted by Crippen LogP contribution is 2.49. The van der Waals surface area contributed by atoms with E-state index in [4.69, 9.17) is 4.74 Å². The fourth-order valence-electron chi connectivity index (χ4n) is 5.05. The Labute approximate surface area is 143 Å². The first-order chi connectivity index (χ1) is 10.9. The molecule has 0 aromatic heterocycles. The zero-order chi connectivity index (χ0) is 17.1. The van der Waals surface area contributed by atoms with Gasteiger partial charge in [0.1, 0.15) is 0 Å². The Morgan fingerprint density at radius 2 is 1.61 bits per heavy atom. The predicted molar refractivity (Wildman–Crippen MR) is 97.5 cm³/mol. The highest BCUT2D eigenvalue weighted by molar-refractivity contribution is 5.17. The van der Waals surface area contributed by atoms with Gasteiger partial charge in [-0.3, -0.25) is 0 Å². The molecule has 0 spiro atoms. The van der Waals surface area contributed by atoms with E-state index in [1.807, 2.05) is 7.11 Å². The van der Waals surface area contributed by atoms with Crippen LogP contribution < -0.4 is 0 Å². The summed E-state index contributed by atoms with van der Waals surface area (Å²) < 4.78 is 5.50. The number of ether oxygens (including phenoxy) is 1.